The van der Waals surface area contributed by atoms with Gasteiger partial charge in [0.05, 0.1) is 5.69 Å². The van der Waals surface area contributed by atoms with Crippen molar-refractivity contribution >= 4 is 17.3 Å². The fourth-order valence-corrected chi connectivity index (χ4v) is 3.46. The first kappa shape index (κ1) is 22.2. The number of aryl methyl sites for hydroxylation is 2. The molecule has 0 atom stereocenters. The van der Waals surface area contributed by atoms with Gasteiger partial charge in [0.25, 0.3) is 5.56 Å². The number of carbonyl (C=O) groups excluding carboxylic acids is 1. The van der Waals surface area contributed by atoms with Crippen LogP contribution in [0.4, 0.5) is 11.4 Å². The highest BCUT2D eigenvalue weighted by atomic mass is 16.1. The molecule has 3 rings (SSSR count). The average molecular weight is 420 g/mol. The van der Waals surface area contributed by atoms with Crippen molar-refractivity contribution in [1.29, 1.82) is 0 Å². The van der Waals surface area contributed by atoms with E-state index < -0.39 is 0 Å². The van der Waals surface area contributed by atoms with Gasteiger partial charge in [-0.15, -0.1) is 0 Å². The predicted octanol–water partition coefficient (Wildman–Crippen LogP) is 3.88. The van der Waals surface area contributed by atoms with E-state index in [2.05, 4.69) is 40.2 Å². The highest BCUT2D eigenvalue weighted by molar-refractivity contribution is 5.91. The highest BCUT2D eigenvalue weighted by Gasteiger charge is 2.09. The Morgan fingerprint density at radius 3 is 2.48 bits per heavy atom. The summed E-state index contributed by atoms with van der Waals surface area (Å²) in [5, 5.41) is 7.40. The zero-order valence-corrected chi connectivity index (χ0v) is 18.3. The fourth-order valence-electron chi connectivity index (χ4n) is 3.46. The quantitative estimate of drug-likeness (QED) is 0.569. The molecule has 162 valence electrons. The lowest BCUT2D eigenvalue weighted by Gasteiger charge is -2.22. The molecule has 2 heterocycles. The van der Waals surface area contributed by atoms with Crippen LogP contribution < -0.4 is 15.8 Å². The molecule has 0 aliphatic carbocycles. The van der Waals surface area contributed by atoms with E-state index in [1.807, 2.05) is 31.2 Å². The number of nitrogens with one attached hydrogen (secondary N) is 1. The number of hydrogen-bond donors (Lipinski definition) is 1. The van der Waals surface area contributed by atoms with E-state index in [1.165, 1.54) is 10.7 Å². The average Bonchev–Trinajstić information content (AvgIpc) is 2.78. The fraction of sp³-hybridized carbons (Fsp3) is 0.333. The standard InChI is InChI=1S/C24H29N5O2/c1-4-28(5-2)20-8-9-21(18(3)17-20)26-23(30)7-6-16-29-24(31)11-10-22(27-29)19-12-14-25-15-13-19/h8-15,17H,4-7,16H2,1-3H3,(H,26,30). The minimum Gasteiger partial charge on any atom is -0.372 e. The van der Waals surface area contributed by atoms with Gasteiger partial charge in [-0.05, 0) is 69.2 Å². The Morgan fingerprint density at radius 1 is 1.06 bits per heavy atom. The van der Waals surface area contributed by atoms with E-state index in [0.29, 0.717) is 25.1 Å². The third kappa shape index (κ3) is 5.78. The molecule has 0 saturated heterocycles. The van der Waals surface area contributed by atoms with E-state index in [1.54, 1.807) is 18.5 Å². The van der Waals surface area contributed by atoms with Gasteiger partial charge >= 0.3 is 0 Å². The number of carbonyl (C=O) groups is 1. The SMILES string of the molecule is CCN(CC)c1ccc(NC(=O)CCCn2nc(-c3ccncc3)ccc2=O)c(C)c1. The topological polar surface area (TPSA) is 80.1 Å². The first-order chi connectivity index (χ1) is 15.0. The maximum Gasteiger partial charge on any atom is 0.266 e. The van der Waals surface area contributed by atoms with Crippen LogP contribution in [-0.4, -0.2) is 33.8 Å². The van der Waals surface area contributed by atoms with Gasteiger partial charge in [-0.2, -0.15) is 5.10 Å². The second-order valence-corrected chi connectivity index (χ2v) is 7.34. The van der Waals surface area contributed by atoms with Crippen molar-refractivity contribution in [3.63, 3.8) is 0 Å². The molecule has 3 aromatic rings. The predicted molar refractivity (Wildman–Crippen MR) is 124 cm³/mol. The molecule has 0 saturated carbocycles. The maximum absolute atomic E-state index is 12.4. The van der Waals surface area contributed by atoms with Gasteiger partial charge in [0.15, 0.2) is 0 Å². The van der Waals surface area contributed by atoms with Crippen LogP contribution in [0.25, 0.3) is 11.3 Å². The monoisotopic (exact) mass is 419 g/mol. The number of anilines is 2. The number of hydrogen-bond acceptors (Lipinski definition) is 5. The summed E-state index contributed by atoms with van der Waals surface area (Å²) in [6, 6.07) is 13.0. The zero-order chi connectivity index (χ0) is 22.2. The van der Waals surface area contributed by atoms with Crippen molar-refractivity contribution in [3.8, 4) is 11.3 Å². The second-order valence-electron chi connectivity index (χ2n) is 7.34. The summed E-state index contributed by atoms with van der Waals surface area (Å²) in [4.78, 5) is 30.8. The summed E-state index contributed by atoms with van der Waals surface area (Å²) in [6.45, 7) is 8.51. The minimum absolute atomic E-state index is 0.0722. The second kappa shape index (κ2) is 10.5. The van der Waals surface area contributed by atoms with Crippen molar-refractivity contribution in [2.75, 3.05) is 23.3 Å². The summed E-state index contributed by atoms with van der Waals surface area (Å²) >= 11 is 0. The van der Waals surface area contributed by atoms with Gasteiger partial charge in [-0.1, -0.05) is 0 Å². The molecule has 0 aliphatic rings. The van der Waals surface area contributed by atoms with Crippen molar-refractivity contribution in [1.82, 2.24) is 14.8 Å². The van der Waals surface area contributed by atoms with Crippen LogP contribution in [0.3, 0.4) is 0 Å². The van der Waals surface area contributed by atoms with Crippen LogP contribution in [0.1, 0.15) is 32.3 Å². The molecule has 2 aromatic heterocycles. The van der Waals surface area contributed by atoms with Crippen LogP contribution in [0.2, 0.25) is 0 Å². The molecule has 0 fully saturated rings. The van der Waals surface area contributed by atoms with Gasteiger partial charge in [0.2, 0.25) is 5.91 Å². The van der Waals surface area contributed by atoms with Gasteiger partial charge in [0, 0.05) is 61.5 Å². The summed E-state index contributed by atoms with van der Waals surface area (Å²) in [5.41, 5.74) is 4.41. The van der Waals surface area contributed by atoms with Crippen molar-refractivity contribution in [2.45, 2.75) is 40.2 Å². The molecule has 7 heteroatoms. The van der Waals surface area contributed by atoms with Crippen LogP contribution in [0.15, 0.2) is 59.7 Å². The van der Waals surface area contributed by atoms with Crippen LogP contribution in [0, 0.1) is 6.92 Å². The Bertz CT molecular complexity index is 1070. The zero-order valence-electron chi connectivity index (χ0n) is 18.3. The maximum atomic E-state index is 12.4. The van der Waals surface area contributed by atoms with E-state index in [9.17, 15) is 9.59 Å². The smallest absolute Gasteiger partial charge is 0.266 e. The van der Waals surface area contributed by atoms with Crippen molar-refractivity contribution in [2.24, 2.45) is 0 Å². The first-order valence-electron chi connectivity index (χ1n) is 10.7. The Kier molecular flexibility index (Phi) is 7.54. The summed E-state index contributed by atoms with van der Waals surface area (Å²) < 4.78 is 1.41. The molecular formula is C24H29N5O2. The van der Waals surface area contributed by atoms with E-state index in [-0.39, 0.29) is 11.5 Å². The van der Waals surface area contributed by atoms with E-state index in [4.69, 9.17) is 0 Å². The largest absolute Gasteiger partial charge is 0.372 e. The van der Waals surface area contributed by atoms with Gasteiger partial charge in [-0.3, -0.25) is 14.6 Å². The molecule has 1 amide bonds. The van der Waals surface area contributed by atoms with Gasteiger partial charge < -0.3 is 10.2 Å². The highest BCUT2D eigenvalue weighted by Crippen LogP contribution is 2.23. The molecule has 7 nitrogen and oxygen atoms in total. The number of aromatic nitrogens is 3. The number of rotatable bonds is 9. The summed E-state index contributed by atoms with van der Waals surface area (Å²) in [5.74, 6) is -0.0722. The number of benzene rings is 1. The lowest BCUT2D eigenvalue weighted by Crippen LogP contribution is -2.23. The summed E-state index contributed by atoms with van der Waals surface area (Å²) in [6.07, 6.45) is 4.21. The molecule has 0 unspecified atom stereocenters. The van der Waals surface area contributed by atoms with Crippen molar-refractivity contribution in [3.05, 3.63) is 70.8 Å². The lowest BCUT2D eigenvalue weighted by atomic mass is 10.1. The van der Waals surface area contributed by atoms with Crippen LogP contribution in [-0.2, 0) is 11.3 Å². The van der Waals surface area contributed by atoms with E-state index in [0.717, 1.165) is 35.6 Å². The molecular weight excluding hydrogens is 390 g/mol. The minimum atomic E-state index is -0.180. The number of nitrogens with zero attached hydrogens (tertiary/aromatic N) is 4. The summed E-state index contributed by atoms with van der Waals surface area (Å²) in [7, 11) is 0. The Balaban J connectivity index is 1.58. The molecule has 1 N–H and O–H groups in total. The lowest BCUT2D eigenvalue weighted by molar-refractivity contribution is -0.116. The van der Waals surface area contributed by atoms with Crippen molar-refractivity contribution < 1.29 is 4.79 Å². The Morgan fingerprint density at radius 2 is 1.81 bits per heavy atom. The van der Waals surface area contributed by atoms with Gasteiger partial charge in [-0.25, -0.2) is 4.68 Å². The third-order valence-corrected chi connectivity index (χ3v) is 5.23. The molecule has 0 spiro atoms. The molecule has 1 aromatic carbocycles. The Hall–Kier alpha value is -3.48. The number of amides is 1. The van der Waals surface area contributed by atoms with Crippen LogP contribution in [0.5, 0.6) is 0 Å². The Labute approximate surface area is 182 Å². The first-order valence-corrected chi connectivity index (χ1v) is 10.7. The normalized spacial score (nSPS) is 10.7. The number of pyridine rings is 1. The molecule has 31 heavy (non-hydrogen) atoms. The molecule has 0 radical (unpaired) electrons. The van der Waals surface area contributed by atoms with Crippen LogP contribution >= 0.6 is 0 Å². The molecule has 0 bridgehead atoms. The molecule has 0 aliphatic heterocycles. The third-order valence-electron chi connectivity index (χ3n) is 5.23. The van der Waals surface area contributed by atoms with Gasteiger partial charge in [0.1, 0.15) is 0 Å². The van der Waals surface area contributed by atoms with E-state index >= 15 is 0 Å².